The Morgan fingerprint density at radius 3 is 2.80 bits per heavy atom. The summed E-state index contributed by atoms with van der Waals surface area (Å²) in [6.45, 7) is 0.920. The molecule has 1 aromatic heterocycles. The molecule has 1 aromatic carbocycles. The zero-order chi connectivity index (χ0) is 14.3. The minimum atomic E-state index is -4.53. The van der Waals surface area contributed by atoms with Gasteiger partial charge in [0, 0.05) is 6.61 Å². The lowest BCUT2D eigenvalue weighted by molar-refractivity contribution is -0.136. The zero-order valence-electron chi connectivity index (χ0n) is 10.4. The maximum atomic E-state index is 12.9. The summed E-state index contributed by atoms with van der Waals surface area (Å²) in [5, 5.41) is -0.0192. The van der Waals surface area contributed by atoms with Gasteiger partial charge < -0.3 is 4.74 Å². The van der Waals surface area contributed by atoms with Crippen LogP contribution in [0, 0.1) is 0 Å². The van der Waals surface area contributed by atoms with Gasteiger partial charge in [-0.1, -0.05) is 6.07 Å². The monoisotopic (exact) mass is 284 g/mol. The van der Waals surface area contributed by atoms with Gasteiger partial charge in [-0.25, -0.2) is 4.98 Å². The number of hydrogen-bond donors (Lipinski definition) is 0. The second-order valence-electron chi connectivity index (χ2n) is 4.67. The maximum absolute atomic E-state index is 12.9. The number of alkyl halides is 3. The van der Waals surface area contributed by atoms with Crippen LogP contribution >= 0.6 is 0 Å². The summed E-state index contributed by atoms with van der Waals surface area (Å²) in [7, 11) is 0. The average Bonchev–Trinajstić information content (AvgIpc) is 2.91. The molecule has 1 atom stereocenters. The summed E-state index contributed by atoms with van der Waals surface area (Å²) < 4.78 is 45.2. The van der Waals surface area contributed by atoms with Crippen molar-refractivity contribution in [1.82, 2.24) is 9.55 Å². The largest absolute Gasteiger partial charge is 0.418 e. The number of benzene rings is 1. The van der Waals surface area contributed by atoms with Crippen molar-refractivity contribution in [3.05, 3.63) is 40.4 Å². The number of para-hydroxylation sites is 1. The lowest BCUT2D eigenvalue weighted by Crippen LogP contribution is -2.26. The molecule has 0 radical (unpaired) electrons. The summed E-state index contributed by atoms with van der Waals surface area (Å²) >= 11 is 0. The molecule has 0 spiro atoms. The van der Waals surface area contributed by atoms with Gasteiger partial charge in [-0.2, -0.15) is 13.2 Å². The molecule has 106 valence electrons. The molecule has 0 amide bonds. The van der Waals surface area contributed by atoms with E-state index in [0.29, 0.717) is 19.6 Å². The minimum absolute atomic E-state index is 0.0192. The Morgan fingerprint density at radius 2 is 2.15 bits per heavy atom. The predicted octanol–water partition coefficient (Wildman–Crippen LogP) is 2.38. The zero-order valence-corrected chi connectivity index (χ0v) is 10.4. The van der Waals surface area contributed by atoms with E-state index in [-0.39, 0.29) is 16.9 Å². The minimum Gasteiger partial charge on any atom is -0.379 e. The molecule has 3 rings (SSSR count). The Kier molecular flexibility index (Phi) is 3.01. The van der Waals surface area contributed by atoms with Gasteiger partial charge in [0.2, 0.25) is 0 Å². The first-order valence-electron chi connectivity index (χ1n) is 6.13. The molecule has 0 saturated carbocycles. The van der Waals surface area contributed by atoms with Crippen molar-refractivity contribution in [2.75, 3.05) is 13.2 Å². The van der Waals surface area contributed by atoms with Crippen LogP contribution < -0.4 is 5.56 Å². The van der Waals surface area contributed by atoms with E-state index in [9.17, 15) is 18.0 Å². The number of rotatable bonds is 1. The van der Waals surface area contributed by atoms with Gasteiger partial charge in [-0.15, -0.1) is 0 Å². The van der Waals surface area contributed by atoms with E-state index in [4.69, 9.17) is 4.74 Å². The van der Waals surface area contributed by atoms with Crippen LogP contribution in [0.25, 0.3) is 10.9 Å². The van der Waals surface area contributed by atoms with E-state index < -0.39 is 17.3 Å². The molecule has 4 nitrogen and oxygen atoms in total. The predicted molar refractivity (Wildman–Crippen MR) is 65.5 cm³/mol. The van der Waals surface area contributed by atoms with Gasteiger partial charge in [-0.3, -0.25) is 9.36 Å². The number of halogens is 3. The molecule has 0 unspecified atom stereocenters. The van der Waals surface area contributed by atoms with Crippen LogP contribution in [0.4, 0.5) is 13.2 Å². The third kappa shape index (κ3) is 2.07. The van der Waals surface area contributed by atoms with Crippen LogP contribution in [0.15, 0.2) is 29.3 Å². The van der Waals surface area contributed by atoms with Crippen LogP contribution in [0.1, 0.15) is 18.0 Å². The van der Waals surface area contributed by atoms with Gasteiger partial charge >= 0.3 is 6.18 Å². The summed E-state index contributed by atoms with van der Waals surface area (Å²) in [4.78, 5) is 16.1. The van der Waals surface area contributed by atoms with Crippen molar-refractivity contribution in [3.8, 4) is 0 Å². The highest BCUT2D eigenvalue weighted by molar-refractivity contribution is 5.81. The highest BCUT2D eigenvalue weighted by Crippen LogP contribution is 2.33. The van der Waals surface area contributed by atoms with Gasteiger partial charge in [0.1, 0.15) is 0 Å². The van der Waals surface area contributed by atoms with Gasteiger partial charge in [0.25, 0.3) is 5.56 Å². The number of hydrogen-bond acceptors (Lipinski definition) is 3. The summed E-state index contributed by atoms with van der Waals surface area (Å²) in [5.41, 5.74) is -1.65. The van der Waals surface area contributed by atoms with Gasteiger partial charge in [0.05, 0.1) is 35.4 Å². The second-order valence-corrected chi connectivity index (χ2v) is 4.67. The standard InChI is InChI=1S/C13H11F3N2O2/c14-13(15,16)10-3-1-2-9-11(10)17-7-18(12(9)19)8-4-5-20-6-8/h1-3,7-8H,4-6H2/t8-/m0/s1. The number of fused-ring (bicyclic) bond motifs is 1. The molecule has 2 heterocycles. The van der Waals surface area contributed by atoms with Crippen molar-refractivity contribution in [3.63, 3.8) is 0 Å². The fourth-order valence-corrected chi connectivity index (χ4v) is 2.40. The Balaban J connectivity index is 2.22. The average molecular weight is 284 g/mol. The van der Waals surface area contributed by atoms with Crippen molar-refractivity contribution < 1.29 is 17.9 Å². The first kappa shape index (κ1) is 13.1. The first-order valence-corrected chi connectivity index (χ1v) is 6.13. The Hall–Kier alpha value is -1.89. The topological polar surface area (TPSA) is 44.1 Å². The maximum Gasteiger partial charge on any atom is 0.418 e. The van der Waals surface area contributed by atoms with Crippen LogP contribution in [0.2, 0.25) is 0 Å². The second kappa shape index (κ2) is 4.59. The van der Waals surface area contributed by atoms with Crippen molar-refractivity contribution in [2.45, 2.75) is 18.6 Å². The van der Waals surface area contributed by atoms with E-state index in [1.54, 1.807) is 0 Å². The lowest BCUT2D eigenvalue weighted by atomic mass is 10.1. The number of aromatic nitrogens is 2. The lowest BCUT2D eigenvalue weighted by Gasteiger charge is -2.14. The van der Waals surface area contributed by atoms with E-state index in [1.807, 2.05) is 0 Å². The van der Waals surface area contributed by atoms with Crippen LogP contribution in [0.5, 0.6) is 0 Å². The third-order valence-electron chi connectivity index (χ3n) is 3.42. The molecule has 1 aliphatic rings. The molecule has 0 N–H and O–H groups in total. The number of ether oxygens (including phenoxy) is 1. The fraction of sp³-hybridized carbons (Fsp3) is 0.385. The summed E-state index contributed by atoms with van der Waals surface area (Å²) in [6, 6.07) is 3.36. The summed E-state index contributed by atoms with van der Waals surface area (Å²) in [5.74, 6) is 0. The third-order valence-corrected chi connectivity index (χ3v) is 3.42. The van der Waals surface area contributed by atoms with E-state index in [1.165, 1.54) is 23.0 Å². The molecule has 0 aliphatic carbocycles. The molecule has 20 heavy (non-hydrogen) atoms. The van der Waals surface area contributed by atoms with Crippen LogP contribution in [-0.4, -0.2) is 22.8 Å². The highest BCUT2D eigenvalue weighted by atomic mass is 19.4. The van der Waals surface area contributed by atoms with Gasteiger partial charge in [0.15, 0.2) is 0 Å². The van der Waals surface area contributed by atoms with Crippen molar-refractivity contribution >= 4 is 10.9 Å². The van der Waals surface area contributed by atoms with Crippen molar-refractivity contribution in [1.29, 1.82) is 0 Å². The Morgan fingerprint density at radius 1 is 1.35 bits per heavy atom. The quantitative estimate of drug-likeness (QED) is 0.807. The molecule has 1 saturated heterocycles. The van der Waals surface area contributed by atoms with E-state index in [0.717, 1.165) is 6.07 Å². The van der Waals surface area contributed by atoms with E-state index in [2.05, 4.69) is 4.98 Å². The van der Waals surface area contributed by atoms with Crippen molar-refractivity contribution in [2.24, 2.45) is 0 Å². The Bertz CT molecular complexity index is 703. The first-order chi connectivity index (χ1) is 9.48. The normalized spacial score (nSPS) is 19.6. The SMILES string of the molecule is O=c1c2cccc(C(F)(F)F)c2ncn1[C@H]1CCOC1. The Labute approximate surface area is 111 Å². The molecule has 1 aliphatic heterocycles. The van der Waals surface area contributed by atoms with Gasteiger partial charge in [-0.05, 0) is 18.6 Å². The molecule has 2 aromatic rings. The van der Waals surface area contributed by atoms with Crippen LogP contribution in [0.3, 0.4) is 0 Å². The highest BCUT2D eigenvalue weighted by Gasteiger charge is 2.33. The molecule has 0 bridgehead atoms. The smallest absolute Gasteiger partial charge is 0.379 e. The van der Waals surface area contributed by atoms with E-state index >= 15 is 0 Å². The molecular formula is C13H11F3N2O2. The molecule has 1 fully saturated rings. The van der Waals surface area contributed by atoms with Crippen LogP contribution in [-0.2, 0) is 10.9 Å². The number of nitrogens with zero attached hydrogens (tertiary/aromatic N) is 2. The summed E-state index contributed by atoms with van der Waals surface area (Å²) in [6.07, 6.45) is -2.69. The molecule has 7 heteroatoms. The fourth-order valence-electron chi connectivity index (χ4n) is 2.40. The molecular weight excluding hydrogens is 273 g/mol.